The van der Waals surface area contributed by atoms with Crippen LogP contribution >= 0.6 is 11.5 Å². The molecule has 6 heteroatoms. The third-order valence-corrected chi connectivity index (χ3v) is 3.07. The Labute approximate surface area is 109 Å². The Balaban J connectivity index is 1.77. The Kier molecular flexibility index (Phi) is 4.38. The predicted molar refractivity (Wildman–Crippen MR) is 70.2 cm³/mol. The van der Waals surface area contributed by atoms with Crippen LogP contribution in [0.4, 0.5) is 0 Å². The van der Waals surface area contributed by atoms with Gasteiger partial charge in [0.2, 0.25) is 0 Å². The highest BCUT2D eigenvalue weighted by Gasteiger charge is 2.09. The number of carbonyl (C=O) groups is 1. The zero-order valence-corrected chi connectivity index (χ0v) is 10.6. The third-order valence-electron chi connectivity index (χ3n) is 2.56. The van der Waals surface area contributed by atoms with Gasteiger partial charge in [-0.2, -0.15) is 0 Å². The summed E-state index contributed by atoms with van der Waals surface area (Å²) in [6, 6.07) is 9.75. The number of rotatable bonds is 5. The molecular formula is C12H14N4OS. The van der Waals surface area contributed by atoms with Crippen molar-refractivity contribution in [1.29, 1.82) is 0 Å². The molecular weight excluding hydrogens is 248 g/mol. The Hall–Kier alpha value is -1.79. The second-order valence-electron chi connectivity index (χ2n) is 3.85. The summed E-state index contributed by atoms with van der Waals surface area (Å²) in [4.78, 5) is 11.6. The van der Waals surface area contributed by atoms with E-state index in [1.807, 2.05) is 30.3 Å². The lowest BCUT2D eigenvalue weighted by Crippen LogP contribution is -2.27. The molecule has 1 amide bonds. The Morgan fingerprint density at radius 3 is 2.83 bits per heavy atom. The van der Waals surface area contributed by atoms with Crippen molar-refractivity contribution in [3.05, 3.63) is 47.0 Å². The second kappa shape index (κ2) is 6.23. The topological polar surface area (TPSA) is 80.9 Å². The smallest absolute Gasteiger partial charge is 0.272 e. The summed E-state index contributed by atoms with van der Waals surface area (Å²) in [6.45, 7) is 0.520. The molecule has 1 atom stereocenters. The number of nitrogens with one attached hydrogen (secondary N) is 1. The maximum absolute atomic E-state index is 11.6. The van der Waals surface area contributed by atoms with Crippen molar-refractivity contribution < 1.29 is 4.79 Å². The first-order chi connectivity index (χ1) is 8.77. The summed E-state index contributed by atoms with van der Waals surface area (Å²) in [5.41, 5.74) is 7.45. The van der Waals surface area contributed by atoms with Gasteiger partial charge in [0.1, 0.15) is 0 Å². The molecule has 2 aromatic rings. The van der Waals surface area contributed by atoms with Crippen LogP contribution in [0.2, 0.25) is 0 Å². The van der Waals surface area contributed by atoms with Gasteiger partial charge in [0.25, 0.3) is 5.91 Å². The highest BCUT2D eigenvalue weighted by Crippen LogP contribution is 2.12. The normalized spacial score (nSPS) is 12.1. The minimum atomic E-state index is -0.205. The zero-order valence-electron chi connectivity index (χ0n) is 9.74. The largest absolute Gasteiger partial charge is 0.351 e. The van der Waals surface area contributed by atoms with Gasteiger partial charge >= 0.3 is 0 Å². The fourth-order valence-electron chi connectivity index (χ4n) is 1.56. The number of amides is 1. The fourth-order valence-corrected chi connectivity index (χ4v) is 2.00. The van der Waals surface area contributed by atoms with E-state index in [2.05, 4.69) is 14.9 Å². The Morgan fingerprint density at radius 2 is 2.17 bits per heavy atom. The molecule has 0 fully saturated rings. The average molecular weight is 262 g/mol. The van der Waals surface area contributed by atoms with E-state index in [4.69, 9.17) is 5.73 Å². The standard InChI is InChI=1S/C12H14N4OS/c13-10(9-4-2-1-3-5-9)6-7-14-12(17)11-8-18-16-15-11/h1-5,8,10H,6-7,13H2,(H,14,17). The van der Waals surface area contributed by atoms with E-state index < -0.39 is 0 Å². The van der Waals surface area contributed by atoms with E-state index >= 15 is 0 Å². The number of benzene rings is 1. The molecule has 0 aliphatic heterocycles. The average Bonchev–Trinajstić information content (AvgIpc) is 2.93. The van der Waals surface area contributed by atoms with E-state index in [-0.39, 0.29) is 11.9 Å². The molecule has 0 radical (unpaired) electrons. The van der Waals surface area contributed by atoms with E-state index in [0.29, 0.717) is 18.7 Å². The first kappa shape index (κ1) is 12.7. The lowest BCUT2D eigenvalue weighted by atomic mass is 10.1. The third kappa shape index (κ3) is 3.35. The first-order valence-electron chi connectivity index (χ1n) is 5.63. The molecule has 1 heterocycles. The van der Waals surface area contributed by atoms with Gasteiger partial charge in [0, 0.05) is 18.0 Å². The van der Waals surface area contributed by atoms with Gasteiger partial charge in [-0.3, -0.25) is 4.79 Å². The molecule has 1 unspecified atom stereocenters. The van der Waals surface area contributed by atoms with Gasteiger partial charge in [-0.25, -0.2) is 0 Å². The monoisotopic (exact) mass is 262 g/mol. The summed E-state index contributed by atoms with van der Waals surface area (Å²) in [5.74, 6) is -0.205. The van der Waals surface area contributed by atoms with Crippen molar-refractivity contribution in [2.24, 2.45) is 5.73 Å². The molecule has 94 valence electrons. The van der Waals surface area contributed by atoms with Crippen molar-refractivity contribution in [2.45, 2.75) is 12.5 Å². The predicted octanol–water partition coefficient (Wildman–Crippen LogP) is 1.36. The Bertz CT molecular complexity index is 486. The van der Waals surface area contributed by atoms with Crippen LogP contribution in [0, 0.1) is 0 Å². The van der Waals surface area contributed by atoms with Gasteiger partial charge in [-0.15, -0.1) is 5.10 Å². The van der Waals surface area contributed by atoms with Gasteiger partial charge in [-0.1, -0.05) is 34.8 Å². The quantitative estimate of drug-likeness (QED) is 0.852. The molecule has 18 heavy (non-hydrogen) atoms. The molecule has 2 rings (SSSR count). The lowest BCUT2D eigenvalue weighted by Gasteiger charge is -2.11. The summed E-state index contributed by atoms with van der Waals surface area (Å²) in [5, 5.41) is 8.09. The molecule has 0 bridgehead atoms. The van der Waals surface area contributed by atoms with Gasteiger partial charge in [-0.05, 0) is 23.5 Å². The van der Waals surface area contributed by atoms with Crippen LogP contribution in [0.1, 0.15) is 28.5 Å². The van der Waals surface area contributed by atoms with Crippen LogP contribution in [0.15, 0.2) is 35.7 Å². The minimum absolute atomic E-state index is 0.0694. The summed E-state index contributed by atoms with van der Waals surface area (Å²) < 4.78 is 3.64. The maximum Gasteiger partial charge on any atom is 0.272 e. The van der Waals surface area contributed by atoms with Crippen LogP contribution in [-0.2, 0) is 0 Å². The highest BCUT2D eigenvalue weighted by molar-refractivity contribution is 7.03. The van der Waals surface area contributed by atoms with Gasteiger partial charge < -0.3 is 11.1 Å². The lowest BCUT2D eigenvalue weighted by molar-refractivity contribution is 0.0947. The summed E-state index contributed by atoms with van der Waals surface area (Å²) in [7, 11) is 0. The SMILES string of the molecule is NC(CCNC(=O)c1csnn1)c1ccccc1. The van der Waals surface area contributed by atoms with Gasteiger partial charge in [0.05, 0.1) is 0 Å². The fraction of sp³-hybridized carbons (Fsp3) is 0.250. The van der Waals surface area contributed by atoms with Crippen molar-refractivity contribution in [3.63, 3.8) is 0 Å². The number of carbonyl (C=O) groups excluding carboxylic acids is 1. The van der Waals surface area contributed by atoms with Crippen LogP contribution in [0.5, 0.6) is 0 Å². The zero-order chi connectivity index (χ0) is 12.8. The first-order valence-corrected chi connectivity index (χ1v) is 6.47. The van der Waals surface area contributed by atoms with E-state index in [0.717, 1.165) is 17.1 Å². The molecule has 0 spiro atoms. The van der Waals surface area contributed by atoms with Crippen molar-refractivity contribution in [3.8, 4) is 0 Å². The van der Waals surface area contributed by atoms with E-state index in [9.17, 15) is 4.79 Å². The van der Waals surface area contributed by atoms with E-state index in [1.165, 1.54) is 0 Å². The number of nitrogens with two attached hydrogens (primary N) is 1. The maximum atomic E-state index is 11.6. The molecule has 0 aliphatic rings. The van der Waals surface area contributed by atoms with Crippen molar-refractivity contribution in [2.75, 3.05) is 6.54 Å². The van der Waals surface area contributed by atoms with Crippen molar-refractivity contribution in [1.82, 2.24) is 14.9 Å². The number of hydrogen-bond donors (Lipinski definition) is 2. The highest BCUT2D eigenvalue weighted by atomic mass is 32.1. The van der Waals surface area contributed by atoms with E-state index in [1.54, 1.807) is 5.38 Å². The van der Waals surface area contributed by atoms with Crippen LogP contribution < -0.4 is 11.1 Å². The molecule has 0 saturated heterocycles. The molecule has 5 nitrogen and oxygen atoms in total. The molecule has 0 saturated carbocycles. The number of aromatic nitrogens is 2. The number of nitrogens with zero attached hydrogens (tertiary/aromatic N) is 2. The molecule has 1 aromatic heterocycles. The minimum Gasteiger partial charge on any atom is -0.351 e. The molecule has 1 aromatic carbocycles. The van der Waals surface area contributed by atoms with Gasteiger partial charge in [0.15, 0.2) is 5.69 Å². The Morgan fingerprint density at radius 1 is 1.39 bits per heavy atom. The number of hydrogen-bond acceptors (Lipinski definition) is 5. The van der Waals surface area contributed by atoms with Crippen molar-refractivity contribution >= 4 is 17.4 Å². The second-order valence-corrected chi connectivity index (χ2v) is 4.46. The molecule has 0 aliphatic carbocycles. The van der Waals surface area contributed by atoms with Crippen LogP contribution in [0.25, 0.3) is 0 Å². The van der Waals surface area contributed by atoms with Crippen LogP contribution in [0.3, 0.4) is 0 Å². The summed E-state index contributed by atoms with van der Waals surface area (Å²) >= 11 is 1.16. The van der Waals surface area contributed by atoms with Crippen LogP contribution in [-0.4, -0.2) is 22.0 Å². The molecule has 3 N–H and O–H groups in total. The summed E-state index contributed by atoms with van der Waals surface area (Å²) in [6.07, 6.45) is 0.688.